The van der Waals surface area contributed by atoms with Crippen LogP contribution in [0.4, 0.5) is 0 Å². The van der Waals surface area contributed by atoms with E-state index in [-0.39, 0.29) is 17.8 Å². The van der Waals surface area contributed by atoms with E-state index in [0.717, 1.165) is 28.8 Å². The van der Waals surface area contributed by atoms with E-state index < -0.39 is 0 Å². The lowest BCUT2D eigenvalue weighted by Crippen LogP contribution is -2.17. The van der Waals surface area contributed by atoms with Crippen molar-refractivity contribution < 1.29 is 9.15 Å². The standard InChI is InChI=1S/C24H20BrN3O3/c25-20-10-26-28(13-20)21-7-5-17(6-8-21)15-31-24-16-30-22(9-23(24)29)14-27-11-18-3-1-2-4-19(18)12-27/h1-10,13,16H,11-12,14-15H2. The Hall–Kier alpha value is -3.16. The van der Waals surface area contributed by atoms with Gasteiger partial charge in [-0.25, -0.2) is 4.68 Å². The maximum atomic E-state index is 12.5. The quantitative estimate of drug-likeness (QED) is 0.403. The van der Waals surface area contributed by atoms with Gasteiger partial charge in [-0.15, -0.1) is 0 Å². The van der Waals surface area contributed by atoms with E-state index in [1.807, 2.05) is 30.5 Å². The Bertz CT molecular complexity index is 1240. The zero-order valence-corrected chi connectivity index (χ0v) is 18.3. The number of halogens is 1. The zero-order chi connectivity index (χ0) is 21.2. The molecule has 0 fully saturated rings. The third-order valence-electron chi connectivity index (χ3n) is 5.28. The minimum Gasteiger partial charge on any atom is -0.482 e. The second-order valence-corrected chi connectivity index (χ2v) is 8.46. The Morgan fingerprint density at radius 2 is 1.81 bits per heavy atom. The van der Waals surface area contributed by atoms with Gasteiger partial charge in [0, 0.05) is 25.4 Å². The fourth-order valence-electron chi connectivity index (χ4n) is 3.71. The molecule has 0 unspecified atom stereocenters. The highest BCUT2D eigenvalue weighted by molar-refractivity contribution is 9.10. The smallest absolute Gasteiger partial charge is 0.227 e. The second kappa shape index (κ2) is 8.53. The van der Waals surface area contributed by atoms with Crippen LogP contribution in [0.15, 0.2) is 86.9 Å². The molecule has 0 N–H and O–H groups in total. The van der Waals surface area contributed by atoms with Gasteiger partial charge in [0.2, 0.25) is 11.2 Å². The normalized spacial score (nSPS) is 13.3. The molecule has 4 aromatic rings. The largest absolute Gasteiger partial charge is 0.482 e. The van der Waals surface area contributed by atoms with E-state index in [1.54, 1.807) is 10.9 Å². The Balaban J connectivity index is 1.19. The van der Waals surface area contributed by atoms with Crippen molar-refractivity contribution in [3.63, 3.8) is 0 Å². The summed E-state index contributed by atoms with van der Waals surface area (Å²) in [5.74, 6) is 0.855. The molecule has 0 amide bonds. The van der Waals surface area contributed by atoms with Gasteiger partial charge in [0.15, 0.2) is 0 Å². The van der Waals surface area contributed by atoms with Gasteiger partial charge in [-0.1, -0.05) is 36.4 Å². The molecule has 3 heterocycles. The van der Waals surface area contributed by atoms with Crippen LogP contribution in [-0.4, -0.2) is 14.7 Å². The van der Waals surface area contributed by atoms with Crippen LogP contribution in [0.3, 0.4) is 0 Å². The summed E-state index contributed by atoms with van der Waals surface area (Å²) >= 11 is 3.39. The van der Waals surface area contributed by atoms with Crippen LogP contribution in [0.25, 0.3) is 5.69 Å². The number of hydrogen-bond acceptors (Lipinski definition) is 5. The van der Waals surface area contributed by atoms with Crippen LogP contribution >= 0.6 is 15.9 Å². The van der Waals surface area contributed by atoms with Crippen molar-refractivity contribution in [2.45, 2.75) is 26.2 Å². The summed E-state index contributed by atoms with van der Waals surface area (Å²) in [5.41, 5.74) is 4.39. The molecule has 0 bridgehead atoms. The van der Waals surface area contributed by atoms with Crippen molar-refractivity contribution in [2.24, 2.45) is 0 Å². The van der Waals surface area contributed by atoms with Crippen molar-refractivity contribution in [2.75, 3.05) is 0 Å². The molecule has 1 aliphatic heterocycles. The van der Waals surface area contributed by atoms with E-state index in [2.05, 4.69) is 50.2 Å². The topological polar surface area (TPSA) is 60.5 Å². The average Bonchev–Trinajstić information content (AvgIpc) is 3.39. The lowest BCUT2D eigenvalue weighted by molar-refractivity contribution is 0.241. The number of nitrogens with zero attached hydrogens (tertiary/aromatic N) is 3. The van der Waals surface area contributed by atoms with Gasteiger partial charge in [-0.2, -0.15) is 5.10 Å². The van der Waals surface area contributed by atoms with E-state index in [9.17, 15) is 4.79 Å². The number of fused-ring (bicyclic) bond motifs is 1. The van der Waals surface area contributed by atoms with Crippen LogP contribution in [0, 0.1) is 0 Å². The van der Waals surface area contributed by atoms with Crippen molar-refractivity contribution in [1.29, 1.82) is 0 Å². The lowest BCUT2D eigenvalue weighted by Gasteiger charge is -2.14. The SMILES string of the molecule is O=c1cc(CN2Cc3ccccc3C2)occ1OCc1ccc(-n2cc(Br)cn2)cc1. The number of ether oxygens (including phenoxy) is 1. The van der Waals surface area contributed by atoms with Gasteiger partial charge >= 0.3 is 0 Å². The number of benzene rings is 2. The average molecular weight is 478 g/mol. The van der Waals surface area contributed by atoms with Gasteiger partial charge in [0.25, 0.3) is 0 Å². The second-order valence-electron chi connectivity index (χ2n) is 7.55. The van der Waals surface area contributed by atoms with Gasteiger partial charge < -0.3 is 9.15 Å². The molecule has 0 aliphatic carbocycles. The molecule has 0 saturated carbocycles. The molecule has 0 radical (unpaired) electrons. The molecule has 0 spiro atoms. The fourth-order valence-corrected chi connectivity index (χ4v) is 4.00. The first-order valence-corrected chi connectivity index (χ1v) is 10.8. The van der Waals surface area contributed by atoms with Crippen molar-refractivity contribution in [3.8, 4) is 11.4 Å². The van der Waals surface area contributed by atoms with Gasteiger partial charge in [0.1, 0.15) is 18.6 Å². The summed E-state index contributed by atoms with van der Waals surface area (Å²) in [7, 11) is 0. The van der Waals surface area contributed by atoms with E-state index in [1.165, 1.54) is 23.5 Å². The Morgan fingerprint density at radius 1 is 1.06 bits per heavy atom. The minimum absolute atomic E-state index is 0.170. The zero-order valence-electron chi connectivity index (χ0n) is 16.7. The molecule has 31 heavy (non-hydrogen) atoms. The van der Waals surface area contributed by atoms with Gasteiger partial charge in [0.05, 0.1) is 22.9 Å². The number of aromatic nitrogens is 2. The molecular formula is C24H20BrN3O3. The third-order valence-corrected chi connectivity index (χ3v) is 5.69. The number of hydrogen-bond donors (Lipinski definition) is 0. The van der Waals surface area contributed by atoms with E-state index >= 15 is 0 Å². The summed E-state index contributed by atoms with van der Waals surface area (Å²) in [6.07, 6.45) is 5.04. The molecular weight excluding hydrogens is 458 g/mol. The molecule has 2 aromatic carbocycles. The van der Waals surface area contributed by atoms with Crippen LogP contribution in [0.1, 0.15) is 22.5 Å². The maximum Gasteiger partial charge on any atom is 0.227 e. The predicted octanol–water partition coefficient (Wildman–Crippen LogP) is 4.68. The maximum absolute atomic E-state index is 12.5. The first kappa shape index (κ1) is 19.8. The summed E-state index contributed by atoms with van der Waals surface area (Å²) in [6, 6.07) is 17.7. The van der Waals surface area contributed by atoms with E-state index in [4.69, 9.17) is 9.15 Å². The van der Waals surface area contributed by atoms with Crippen LogP contribution in [-0.2, 0) is 26.2 Å². The highest BCUT2D eigenvalue weighted by Crippen LogP contribution is 2.24. The van der Waals surface area contributed by atoms with Gasteiger partial charge in [-0.3, -0.25) is 9.69 Å². The molecule has 2 aromatic heterocycles. The van der Waals surface area contributed by atoms with Crippen molar-refractivity contribution in [1.82, 2.24) is 14.7 Å². The van der Waals surface area contributed by atoms with Crippen LogP contribution in [0.2, 0.25) is 0 Å². The fraction of sp³-hybridized carbons (Fsp3) is 0.167. The highest BCUT2D eigenvalue weighted by Gasteiger charge is 2.19. The summed E-state index contributed by atoms with van der Waals surface area (Å²) < 4.78 is 14.1. The van der Waals surface area contributed by atoms with Crippen molar-refractivity contribution >= 4 is 15.9 Å². The first-order valence-electron chi connectivity index (χ1n) is 9.97. The highest BCUT2D eigenvalue weighted by atomic mass is 79.9. The first-order chi connectivity index (χ1) is 15.1. The summed E-state index contributed by atoms with van der Waals surface area (Å²) in [5, 5.41) is 4.26. The monoisotopic (exact) mass is 477 g/mol. The third kappa shape index (κ3) is 4.47. The molecule has 156 valence electrons. The predicted molar refractivity (Wildman–Crippen MR) is 120 cm³/mol. The molecule has 5 rings (SSSR count). The van der Waals surface area contributed by atoms with E-state index in [0.29, 0.717) is 12.3 Å². The minimum atomic E-state index is -0.170. The molecule has 0 atom stereocenters. The lowest BCUT2D eigenvalue weighted by atomic mass is 10.1. The Labute approximate surface area is 187 Å². The Kier molecular flexibility index (Phi) is 5.44. The van der Waals surface area contributed by atoms with Gasteiger partial charge in [-0.05, 0) is 44.8 Å². The molecule has 1 aliphatic rings. The Morgan fingerprint density at radius 3 is 2.45 bits per heavy atom. The molecule has 6 nitrogen and oxygen atoms in total. The number of rotatable bonds is 6. The summed E-state index contributed by atoms with van der Waals surface area (Å²) in [6.45, 7) is 2.61. The summed E-state index contributed by atoms with van der Waals surface area (Å²) in [4.78, 5) is 14.7. The molecule has 0 saturated heterocycles. The van der Waals surface area contributed by atoms with Crippen molar-refractivity contribution in [3.05, 3.63) is 110 Å². The molecule has 7 heteroatoms. The van der Waals surface area contributed by atoms with Crippen LogP contribution in [0.5, 0.6) is 5.75 Å². The van der Waals surface area contributed by atoms with Crippen LogP contribution < -0.4 is 10.2 Å².